The summed E-state index contributed by atoms with van der Waals surface area (Å²) in [6, 6.07) is 14.3. The van der Waals surface area contributed by atoms with Crippen LogP contribution in [0.5, 0.6) is 0 Å². The topological polar surface area (TPSA) is 81.6 Å². The van der Waals surface area contributed by atoms with E-state index in [0.717, 1.165) is 52.8 Å². The number of hydrogen-bond donors (Lipinski definition) is 2. The van der Waals surface area contributed by atoms with Gasteiger partial charge in [-0.25, -0.2) is 9.97 Å². The Labute approximate surface area is 197 Å². The van der Waals surface area contributed by atoms with Crippen molar-refractivity contribution in [2.45, 2.75) is 33.5 Å². The molecule has 0 bridgehead atoms. The SMILES string of the molecule is Cc1cc(N)nc(C)c1CNCc1cn(Cc2ccc3ncc(Cl)cc3c2)c2ncccc12. The van der Waals surface area contributed by atoms with Crippen LogP contribution in [0, 0.1) is 13.8 Å². The number of benzene rings is 1. The molecule has 0 fully saturated rings. The molecule has 4 heterocycles. The van der Waals surface area contributed by atoms with Crippen molar-refractivity contribution in [2.75, 3.05) is 5.73 Å². The van der Waals surface area contributed by atoms with Crippen molar-refractivity contribution < 1.29 is 0 Å². The molecular formula is C26H25ClN6. The second kappa shape index (κ2) is 8.81. The van der Waals surface area contributed by atoms with Gasteiger partial charge >= 0.3 is 0 Å². The summed E-state index contributed by atoms with van der Waals surface area (Å²) in [5.74, 6) is 0.564. The number of pyridine rings is 3. The van der Waals surface area contributed by atoms with Crippen LogP contribution in [0.2, 0.25) is 5.02 Å². The van der Waals surface area contributed by atoms with Gasteiger partial charge in [-0.3, -0.25) is 4.98 Å². The van der Waals surface area contributed by atoms with E-state index in [2.05, 4.69) is 56.2 Å². The highest BCUT2D eigenvalue weighted by atomic mass is 35.5. The van der Waals surface area contributed by atoms with Crippen molar-refractivity contribution in [1.82, 2.24) is 24.8 Å². The molecule has 0 aliphatic rings. The van der Waals surface area contributed by atoms with Crippen LogP contribution in [-0.4, -0.2) is 19.5 Å². The molecule has 3 N–H and O–H groups in total. The number of aryl methyl sites for hydroxylation is 2. The highest BCUT2D eigenvalue weighted by Crippen LogP contribution is 2.23. The first-order valence-corrected chi connectivity index (χ1v) is 11.3. The fourth-order valence-electron chi connectivity index (χ4n) is 4.38. The van der Waals surface area contributed by atoms with Gasteiger partial charge in [0.15, 0.2) is 0 Å². The summed E-state index contributed by atoms with van der Waals surface area (Å²) in [7, 11) is 0. The number of anilines is 1. The Hall–Kier alpha value is -3.48. The monoisotopic (exact) mass is 456 g/mol. The summed E-state index contributed by atoms with van der Waals surface area (Å²) in [6.45, 7) is 6.26. The van der Waals surface area contributed by atoms with Gasteiger partial charge in [0.25, 0.3) is 0 Å². The van der Waals surface area contributed by atoms with Crippen molar-refractivity contribution in [1.29, 1.82) is 0 Å². The summed E-state index contributed by atoms with van der Waals surface area (Å²) >= 11 is 6.14. The van der Waals surface area contributed by atoms with Crippen molar-refractivity contribution in [2.24, 2.45) is 0 Å². The van der Waals surface area contributed by atoms with E-state index < -0.39 is 0 Å². The van der Waals surface area contributed by atoms with Gasteiger partial charge in [0.1, 0.15) is 11.5 Å². The first-order valence-electron chi connectivity index (χ1n) is 10.9. The Morgan fingerprint density at radius 2 is 1.94 bits per heavy atom. The van der Waals surface area contributed by atoms with E-state index in [1.165, 1.54) is 16.7 Å². The zero-order chi connectivity index (χ0) is 22.9. The molecule has 5 aromatic rings. The van der Waals surface area contributed by atoms with Crippen LogP contribution in [0.4, 0.5) is 5.82 Å². The second-order valence-electron chi connectivity index (χ2n) is 8.37. The van der Waals surface area contributed by atoms with Gasteiger partial charge < -0.3 is 15.6 Å². The number of nitrogens with one attached hydrogen (secondary N) is 1. The molecule has 6 nitrogen and oxygen atoms in total. The van der Waals surface area contributed by atoms with Crippen LogP contribution >= 0.6 is 11.6 Å². The minimum absolute atomic E-state index is 0.564. The minimum atomic E-state index is 0.564. The number of halogens is 1. The van der Waals surface area contributed by atoms with E-state index >= 15 is 0 Å². The van der Waals surface area contributed by atoms with Crippen molar-refractivity contribution >= 4 is 39.4 Å². The van der Waals surface area contributed by atoms with E-state index in [4.69, 9.17) is 17.3 Å². The van der Waals surface area contributed by atoms with E-state index in [-0.39, 0.29) is 0 Å². The normalized spacial score (nSPS) is 11.5. The Morgan fingerprint density at radius 1 is 1.06 bits per heavy atom. The summed E-state index contributed by atoms with van der Waals surface area (Å²) < 4.78 is 2.20. The molecule has 0 aliphatic carbocycles. The van der Waals surface area contributed by atoms with Gasteiger partial charge in [-0.05, 0) is 72.5 Å². The number of aromatic nitrogens is 4. The zero-order valence-electron chi connectivity index (χ0n) is 18.6. The van der Waals surface area contributed by atoms with Crippen molar-refractivity contribution in [3.63, 3.8) is 0 Å². The number of nitrogens with two attached hydrogens (primary N) is 1. The maximum atomic E-state index is 6.14. The lowest BCUT2D eigenvalue weighted by molar-refractivity contribution is 0.684. The molecule has 0 spiro atoms. The highest BCUT2D eigenvalue weighted by Gasteiger charge is 2.11. The molecule has 0 saturated heterocycles. The summed E-state index contributed by atoms with van der Waals surface area (Å²) in [5.41, 5.74) is 13.5. The number of nitrogens with zero attached hydrogens (tertiary/aromatic N) is 4. The van der Waals surface area contributed by atoms with Gasteiger partial charge in [0.2, 0.25) is 0 Å². The number of nitrogen functional groups attached to an aromatic ring is 1. The van der Waals surface area contributed by atoms with Crippen LogP contribution in [0.15, 0.2) is 61.1 Å². The molecule has 4 aromatic heterocycles. The highest BCUT2D eigenvalue weighted by molar-refractivity contribution is 6.31. The molecule has 0 radical (unpaired) electrons. The predicted molar refractivity (Wildman–Crippen MR) is 134 cm³/mol. The van der Waals surface area contributed by atoms with E-state index in [1.807, 2.05) is 37.4 Å². The number of fused-ring (bicyclic) bond motifs is 2. The zero-order valence-corrected chi connectivity index (χ0v) is 19.4. The first-order chi connectivity index (χ1) is 16.0. The van der Waals surface area contributed by atoms with E-state index in [0.29, 0.717) is 10.8 Å². The molecule has 33 heavy (non-hydrogen) atoms. The Balaban J connectivity index is 1.39. The van der Waals surface area contributed by atoms with Crippen molar-refractivity contribution in [3.8, 4) is 0 Å². The first kappa shape index (κ1) is 21.4. The Kier molecular flexibility index (Phi) is 5.70. The van der Waals surface area contributed by atoms with Gasteiger partial charge in [0.05, 0.1) is 10.5 Å². The standard InChI is InChI=1S/C26H25ClN6/c1-16-8-25(28)32-17(2)23(16)13-29-11-20-15-33(26-22(20)4-3-7-30-26)14-18-5-6-24-19(9-18)10-21(27)12-31-24/h3-10,12,15,29H,11,13-14H2,1-2H3,(H2,28,32). The van der Waals surface area contributed by atoms with Crippen molar-refractivity contribution in [3.05, 3.63) is 94.0 Å². The third kappa shape index (κ3) is 4.40. The maximum Gasteiger partial charge on any atom is 0.140 e. The van der Waals surface area contributed by atoms with E-state index in [1.54, 1.807) is 6.20 Å². The third-order valence-corrected chi connectivity index (χ3v) is 6.18. The molecule has 7 heteroatoms. The minimum Gasteiger partial charge on any atom is -0.384 e. The molecule has 0 saturated carbocycles. The quantitative estimate of drug-likeness (QED) is 0.368. The fraction of sp³-hybridized carbons (Fsp3) is 0.192. The largest absolute Gasteiger partial charge is 0.384 e. The molecule has 0 unspecified atom stereocenters. The fourth-order valence-corrected chi connectivity index (χ4v) is 4.55. The van der Waals surface area contributed by atoms with Gasteiger partial charge in [-0.15, -0.1) is 0 Å². The molecular weight excluding hydrogens is 432 g/mol. The summed E-state index contributed by atoms with van der Waals surface area (Å²) in [4.78, 5) is 13.4. The lowest BCUT2D eigenvalue weighted by Gasteiger charge is -2.11. The average molecular weight is 457 g/mol. The molecule has 1 aromatic carbocycles. The number of rotatable bonds is 6. The molecule has 0 atom stereocenters. The van der Waals surface area contributed by atoms with Crippen LogP contribution in [0.3, 0.4) is 0 Å². The molecule has 5 rings (SSSR count). The van der Waals surface area contributed by atoms with Gasteiger partial charge in [-0.1, -0.05) is 17.7 Å². The van der Waals surface area contributed by atoms with Crippen LogP contribution < -0.4 is 11.1 Å². The molecule has 166 valence electrons. The smallest absolute Gasteiger partial charge is 0.140 e. The molecule has 0 amide bonds. The van der Waals surface area contributed by atoms with Gasteiger partial charge in [0, 0.05) is 54.7 Å². The van der Waals surface area contributed by atoms with Crippen LogP contribution in [0.1, 0.15) is 27.9 Å². The summed E-state index contributed by atoms with van der Waals surface area (Å²) in [6.07, 6.45) is 5.70. The Morgan fingerprint density at radius 3 is 2.79 bits per heavy atom. The second-order valence-corrected chi connectivity index (χ2v) is 8.81. The van der Waals surface area contributed by atoms with Crippen LogP contribution in [0.25, 0.3) is 21.9 Å². The third-order valence-electron chi connectivity index (χ3n) is 5.97. The maximum absolute atomic E-state index is 6.14. The van der Waals surface area contributed by atoms with Crippen LogP contribution in [-0.2, 0) is 19.6 Å². The number of hydrogen-bond acceptors (Lipinski definition) is 5. The van der Waals surface area contributed by atoms with E-state index in [9.17, 15) is 0 Å². The molecule has 0 aliphatic heterocycles. The summed E-state index contributed by atoms with van der Waals surface area (Å²) in [5, 5.41) is 6.40. The lowest BCUT2D eigenvalue weighted by Crippen LogP contribution is -2.15. The predicted octanol–water partition coefficient (Wildman–Crippen LogP) is 5.17. The van der Waals surface area contributed by atoms with Gasteiger partial charge in [-0.2, -0.15) is 0 Å². The lowest BCUT2D eigenvalue weighted by atomic mass is 10.1. The Bertz CT molecular complexity index is 1450. The average Bonchev–Trinajstić information content (AvgIpc) is 3.12.